The molecule has 3 aliphatic carbocycles. The van der Waals surface area contributed by atoms with Crippen molar-refractivity contribution in [3.8, 4) is 0 Å². The molecule has 2 saturated carbocycles. The molecule has 3 aliphatic rings. The van der Waals surface area contributed by atoms with Gasteiger partial charge in [0.1, 0.15) is 0 Å². The molecule has 0 radical (unpaired) electrons. The van der Waals surface area contributed by atoms with Crippen molar-refractivity contribution in [3.63, 3.8) is 0 Å². The Balaban J connectivity index is 1.23. The summed E-state index contributed by atoms with van der Waals surface area (Å²) >= 11 is 0. The van der Waals surface area contributed by atoms with Gasteiger partial charge in [-0.3, -0.25) is 4.79 Å². The van der Waals surface area contributed by atoms with Crippen molar-refractivity contribution in [1.29, 1.82) is 0 Å². The highest BCUT2D eigenvalue weighted by molar-refractivity contribution is 5.81. The molecule has 168 valence electrons. The Hall–Kier alpha value is -2.55. The normalized spacial score (nSPS) is 20.8. The van der Waals surface area contributed by atoms with E-state index in [1.54, 1.807) is 0 Å². The summed E-state index contributed by atoms with van der Waals surface area (Å²) in [7, 11) is 0. The van der Waals surface area contributed by atoms with Crippen LogP contribution in [0.4, 0.5) is 0 Å². The van der Waals surface area contributed by atoms with E-state index in [1.807, 2.05) is 0 Å². The fourth-order valence-electron chi connectivity index (χ4n) is 5.71. The summed E-state index contributed by atoms with van der Waals surface area (Å²) in [5, 5.41) is 6.80. The number of nitrogens with one attached hydrogen (secondary N) is 2. The predicted octanol–water partition coefficient (Wildman–Crippen LogP) is 6.41. The molecule has 1 unspecified atom stereocenters. The monoisotopic (exact) mass is 428 g/mol. The molecule has 0 aliphatic heterocycles. The van der Waals surface area contributed by atoms with Gasteiger partial charge in [-0.1, -0.05) is 67.8 Å². The molecule has 2 aromatic carbocycles. The van der Waals surface area contributed by atoms with Gasteiger partial charge in [0.05, 0.1) is 12.6 Å². The number of aryl methyl sites for hydroxylation is 1. The van der Waals surface area contributed by atoms with Crippen LogP contribution in [-0.2, 0) is 11.2 Å². The molecule has 2 fully saturated rings. The first-order valence-corrected chi connectivity index (χ1v) is 12.7. The minimum atomic E-state index is 0.0861. The highest BCUT2D eigenvalue weighted by Gasteiger charge is 2.22. The van der Waals surface area contributed by atoms with Gasteiger partial charge in [0.15, 0.2) is 0 Å². The Kier molecular flexibility index (Phi) is 6.61. The van der Waals surface area contributed by atoms with Crippen LogP contribution < -0.4 is 10.6 Å². The van der Waals surface area contributed by atoms with Crippen LogP contribution in [0.3, 0.4) is 0 Å². The van der Waals surface area contributed by atoms with E-state index in [1.165, 1.54) is 72.0 Å². The fourth-order valence-corrected chi connectivity index (χ4v) is 5.71. The second kappa shape index (κ2) is 9.94. The van der Waals surface area contributed by atoms with Crippen LogP contribution in [0.25, 0.3) is 5.70 Å². The molecular formula is C29H36N2O. The summed E-state index contributed by atoms with van der Waals surface area (Å²) in [6.07, 6.45) is 13.6. The number of rotatable bonds is 6. The van der Waals surface area contributed by atoms with Crippen LogP contribution in [0.15, 0.2) is 54.1 Å². The van der Waals surface area contributed by atoms with Crippen molar-refractivity contribution in [2.45, 2.75) is 82.6 Å². The van der Waals surface area contributed by atoms with Gasteiger partial charge in [0, 0.05) is 5.70 Å². The molecular weight excluding hydrogens is 392 g/mol. The Labute approximate surface area is 192 Å². The van der Waals surface area contributed by atoms with Crippen LogP contribution >= 0.6 is 0 Å². The van der Waals surface area contributed by atoms with Gasteiger partial charge in [0.25, 0.3) is 0 Å². The summed E-state index contributed by atoms with van der Waals surface area (Å²) in [6, 6.07) is 17.9. The summed E-state index contributed by atoms with van der Waals surface area (Å²) in [5.41, 5.74) is 8.04. The number of carbonyl (C=O) groups excluding carboxylic acids is 1. The second-order valence-corrected chi connectivity index (χ2v) is 9.85. The van der Waals surface area contributed by atoms with Crippen LogP contribution in [0.1, 0.15) is 98.4 Å². The molecule has 2 aromatic rings. The first-order chi connectivity index (χ1) is 15.8. The maximum atomic E-state index is 12.9. The molecule has 0 saturated heterocycles. The van der Waals surface area contributed by atoms with Crippen LogP contribution in [0.5, 0.6) is 0 Å². The number of benzene rings is 2. The molecule has 0 aromatic heterocycles. The fraction of sp³-hybridized carbons (Fsp3) is 0.483. The van der Waals surface area contributed by atoms with Crippen molar-refractivity contribution < 1.29 is 4.79 Å². The first kappa shape index (κ1) is 21.3. The maximum absolute atomic E-state index is 12.9. The lowest BCUT2D eigenvalue weighted by Gasteiger charge is -2.27. The number of fused-ring (bicyclic) bond motifs is 1. The molecule has 0 spiro atoms. The third-order valence-electron chi connectivity index (χ3n) is 7.72. The third-order valence-corrected chi connectivity index (χ3v) is 7.72. The number of allylic oxidation sites excluding steroid dienone is 1. The van der Waals surface area contributed by atoms with Gasteiger partial charge in [-0.05, 0) is 85.1 Å². The zero-order chi connectivity index (χ0) is 21.8. The molecule has 5 rings (SSSR count). The zero-order valence-corrected chi connectivity index (χ0v) is 19.2. The van der Waals surface area contributed by atoms with E-state index in [-0.39, 0.29) is 11.9 Å². The molecule has 3 nitrogen and oxygen atoms in total. The average Bonchev–Trinajstić information content (AvgIpc) is 2.81. The van der Waals surface area contributed by atoms with Crippen molar-refractivity contribution in [2.75, 3.05) is 6.54 Å². The summed E-state index contributed by atoms with van der Waals surface area (Å²) < 4.78 is 0. The largest absolute Gasteiger partial charge is 0.376 e. The summed E-state index contributed by atoms with van der Waals surface area (Å²) in [4.78, 5) is 12.9. The molecule has 1 amide bonds. The van der Waals surface area contributed by atoms with Gasteiger partial charge in [-0.15, -0.1) is 0 Å². The lowest BCUT2D eigenvalue weighted by molar-refractivity contribution is -0.120. The lowest BCUT2D eigenvalue weighted by atomic mass is 9.83. The highest BCUT2D eigenvalue weighted by Crippen LogP contribution is 2.35. The van der Waals surface area contributed by atoms with Gasteiger partial charge in [-0.25, -0.2) is 0 Å². The van der Waals surface area contributed by atoms with E-state index in [0.29, 0.717) is 6.54 Å². The Morgan fingerprint density at radius 3 is 2.34 bits per heavy atom. The van der Waals surface area contributed by atoms with Crippen molar-refractivity contribution >= 4 is 11.6 Å². The minimum absolute atomic E-state index is 0.0861. The number of hydrogen-bond donors (Lipinski definition) is 2. The quantitative estimate of drug-likeness (QED) is 0.558. The zero-order valence-electron chi connectivity index (χ0n) is 19.2. The number of amides is 1. The highest BCUT2D eigenvalue weighted by atomic mass is 16.2. The topological polar surface area (TPSA) is 41.1 Å². The van der Waals surface area contributed by atoms with Crippen molar-refractivity contribution in [1.82, 2.24) is 10.6 Å². The Bertz CT molecular complexity index is 963. The Morgan fingerprint density at radius 2 is 1.59 bits per heavy atom. The standard InChI is InChI=1S/C29H36N2O/c32-28(31-27-15-7-11-23-10-4-5-14-26(23)27)20-30-29(24-12-6-13-24)25-18-16-22(17-19-25)21-8-2-1-3-9-21/h4-5,10,14,16-19,21,27,30H,1-3,6-9,11-13,15,20H2,(H,31,32). The van der Waals surface area contributed by atoms with E-state index in [0.717, 1.165) is 38.0 Å². The van der Waals surface area contributed by atoms with Gasteiger partial charge in [-0.2, -0.15) is 0 Å². The molecule has 0 bridgehead atoms. The predicted molar refractivity (Wildman–Crippen MR) is 131 cm³/mol. The minimum Gasteiger partial charge on any atom is -0.376 e. The molecule has 32 heavy (non-hydrogen) atoms. The smallest absolute Gasteiger partial charge is 0.239 e. The molecule has 0 heterocycles. The maximum Gasteiger partial charge on any atom is 0.239 e. The Morgan fingerprint density at radius 1 is 0.812 bits per heavy atom. The summed E-state index contributed by atoms with van der Waals surface area (Å²) in [6.45, 7) is 0.335. The van der Waals surface area contributed by atoms with Crippen molar-refractivity contribution in [3.05, 3.63) is 76.4 Å². The summed E-state index contributed by atoms with van der Waals surface area (Å²) in [5.74, 6) is 0.817. The van der Waals surface area contributed by atoms with Crippen molar-refractivity contribution in [2.24, 2.45) is 0 Å². The lowest BCUT2D eigenvalue weighted by Crippen LogP contribution is -2.37. The first-order valence-electron chi connectivity index (χ1n) is 12.7. The van der Waals surface area contributed by atoms with E-state index in [4.69, 9.17) is 0 Å². The van der Waals surface area contributed by atoms with E-state index < -0.39 is 0 Å². The molecule has 3 heteroatoms. The van der Waals surface area contributed by atoms with Gasteiger partial charge in [0.2, 0.25) is 5.91 Å². The molecule has 2 N–H and O–H groups in total. The second-order valence-electron chi connectivity index (χ2n) is 9.85. The van der Waals surface area contributed by atoms with Crippen LogP contribution in [0.2, 0.25) is 0 Å². The van der Waals surface area contributed by atoms with E-state index in [2.05, 4.69) is 59.2 Å². The van der Waals surface area contributed by atoms with Gasteiger partial charge < -0.3 is 10.6 Å². The van der Waals surface area contributed by atoms with E-state index in [9.17, 15) is 4.79 Å². The number of hydrogen-bond acceptors (Lipinski definition) is 2. The number of carbonyl (C=O) groups is 1. The van der Waals surface area contributed by atoms with Crippen LogP contribution in [0, 0.1) is 0 Å². The average molecular weight is 429 g/mol. The molecule has 1 atom stereocenters. The third kappa shape index (κ3) is 4.77. The van der Waals surface area contributed by atoms with Gasteiger partial charge >= 0.3 is 0 Å². The van der Waals surface area contributed by atoms with Crippen LogP contribution in [-0.4, -0.2) is 12.5 Å². The SMILES string of the molecule is O=C(CNC(=C1CCC1)c1ccc(C2CCCCC2)cc1)NC1CCCc2ccccc21. The van der Waals surface area contributed by atoms with E-state index >= 15 is 0 Å².